The van der Waals surface area contributed by atoms with Gasteiger partial charge in [0.05, 0.1) is 32.0 Å². The number of carbonyl (C=O) groups is 3. The summed E-state index contributed by atoms with van der Waals surface area (Å²) in [5.41, 5.74) is 0.536. The van der Waals surface area contributed by atoms with Crippen LogP contribution in [0.1, 0.15) is 25.6 Å². The fourth-order valence-electron chi connectivity index (χ4n) is 2.39. The molecule has 0 atom stereocenters. The average molecular weight is 428 g/mol. The lowest BCUT2D eigenvalue weighted by Gasteiger charge is -2.12. The number of halogens is 2. The van der Waals surface area contributed by atoms with Gasteiger partial charge in [-0.2, -0.15) is 8.78 Å². The Balaban J connectivity index is 2.17. The Kier molecular flexibility index (Phi) is 7.48. The van der Waals surface area contributed by atoms with Crippen molar-refractivity contribution in [1.29, 1.82) is 0 Å². The van der Waals surface area contributed by atoms with Crippen LogP contribution in [0.4, 0.5) is 19.5 Å². The SMILES string of the molecule is COC(=O)c1sc(NC(=O)CNc2ccccc2OC(F)F)c(C(=O)OC)c1C. The second-order valence-electron chi connectivity index (χ2n) is 5.52. The molecule has 0 aliphatic rings. The zero-order chi connectivity index (χ0) is 21.6. The van der Waals surface area contributed by atoms with E-state index in [9.17, 15) is 23.2 Å². The molecule has 0 saturated heterocycles. The number of alkyl halides is 2. The van der Waals surface area contributed by atoms with Crippen molar-refractivity contribution in [1.82, 2.24) is 0 Å². The van der Waals surface area contributed by atoms with Gasteiger partial charge in [-0.05, 0) is 24.6 Å². The lowest BCUT2D eigenvalue weighted by Crippen LogP contribution is -2.22. The van der Waals surface area contributed by atoms with E-state index in [0.29, 0.717) is 5.56 Å². The van der Waals surface area contributed by atoms with Crippen LogP contribution in [0.2, 0.25) is 0 Å². The van der Waals surface area contributed by atoms with Gasteiger partial charge in [0, 0.05) is 0 Å². The molecule has 29 heavy (non-hydrogen) atoms. The van der Waals surface area contributed by atoms with Gasteiger partial charge in [0.1, 0.15) is 15.6 Å². The number of thiophene rings is 1. The summed E-state index contributed by atoms with van der Waals surface area (Å²) in [4.78, 5) is 36.4. The summed E-state index contributed by atoms with van der Waals surface area (Å²) >= 11 is 0.865. The van der Waals surface area contributed by atoms with Crippen LogP contribution in [-0.4, -0.2) is 45.2 Å². The number of benzene rings is 1. The van der Waals surface area contributed by atoms with Gasteiger partial charge in [0.15, 0.2) is 0 Å². The lowest BCUT2D eigenvalue weighted by molar-refractivity contribution is -0.114. The second-order valence-corrected chi connectivity index (χ2v) is 6.54. The number of hydrogen-bond acceptors (Lipinski definition) is 8. The number of anilines is 2. The Morgan fingerprint density at radius 1 is 1.10 bits per heavy atom. The van der Waals surface area contributed by atoms with Gasteiger partial charge >= 0.3 is 18.6 Å². The highest BCUT2D eigenvalue weighted by Crippen LogP contribution is 2.34. The summed E-state index contributed by atoms with van der Waals surface area (Å²) in [7, 11) is 2.37. The summed E-state index contributed by atoms with van der Waals surface area (Å²) in [6.07, 6.45) is 0. The number of nitrogens with one attached hydrogen (secondary N) is 2. The topological polar surface area (TPSA) is 103 Å². The van der Waals surface area contributed by atoms with E-state index in [-0.39, 0.29) is 33.4 Å². The maximum absolute atomic E-state index is 12.5. The summed E-state index contributed by atoms with van der Waals surface area (Å²) in [5.74, 6) is -2.09. The Hall–Kier alpha value is -3.21. The lowest BCUT2D eigenvalue weighted by atomic mass is 10.1. The first kappa shape index (κ1) is 22.1. The van der Waals surface area contributed by atoms with Crippen molar-refractivity contribution in [3.05, 3.63) is 40.3 Å². The minimum atomic E-state index is -3.01. The van der Waals surface area contributed by atoms with Crippen molar-refractivity contribution in [2.24, 2.45) is 0 Å². The van der Waals surface area contributed by atoms with Crippen molar-refractivity contribution in [3.63, 3.8) is 0 Å². The van der Waals surface area contributed by atoms with Crippen LogP contribution in [0.5, 0.6) is 5.75 Å². The van der Waals surface area contributed by atoms with E-state index < -0.39 is 24.5 Å². The smallest absolute Gasteiger partial charge is 0.387 e. The molecule has 1 heterocycles. The molecule has 0 radical (unpaired) electrons. The van der Waals surface area contributed by atoms with Crippen LogP contribution in [-0.2, 0) is 14.3 Å². The number of para-hydroxylation sites is 2. The first-order valence-corrected chi connectivity index (χ1v) is 8.97. The Labute approximate surface area is 168 Å². The molecule has 2 N–H and O–H groups in total. The van der Waals surface area contributed by atoms with Crippen molar-refractivity contribution in [2.75, 3.05) is 31.4 Å². The van der Waals surface area contributed by atoms with Crippen LogP contribution >= 0.6 is 11.3 Å². The number of carbonyl (C=O) groups excluding carboxylic acids is 3. The largest absolute Gasteiger partial charge is 0.465 e. The van der Waals surface area contributed by atoms with E-state index >= 15 is 0 Å². The Morgan fingerprint density at radius 2 is 1.76 bits per heavy atom. The molecule has 1 amide bonds. The monoisotopic (exact) mass is 428 g/mol. The van der Waals surface area contributed by atoms with Crippen LogP contribution in [0, 0.1) is 6.92 Å². The fraction of sp³-hybridized carbons (Fsp3) is 0.278. The molecular formula is C18H18F2N2O6S. The molecule has 1 aromatic carbocycles. The Morgan fingerprint density at radius 3 is 2.38 bits per heavy atom. The van der Waals surface area contributed by atoms with Crippen molar-refractivity contribution in [2.45, 2.75) is 13.5 Å². The number of amides is 1. The molecule has 0 fully saturated rings. The molecule has 2 rings (SSSR count). The standard InChI is InChI=1S/C18H18F2N2O6S/c1-9-13(16(24)26-2)15(29-14(9)17(25)27-3)22-12(23)8-21-10-6-4-5-7-11(10)28-18(19)20/h4-7,18,21H,8H2,1-3H3,(H,22,23). The molecule has 0 unspecified atom stereocenters. The molecule has 156 valence electrons. The molecule has 0 spiro atoms. The zero-order valence-corrected chi connectivity index (χ0v) is 16.5. The molecule has 0 bridgehead atoms. The maximum Gasteiger partial charge on any atom is 0.387 e. The van der Waals surface area contributed by atoms with Crippen LogP contribution in [0.25, 0.3) is 0 Å². The van der Waals surface area contributed by atoms with Gasteiger partial charge in [0.25, 0.3) is 0 Å². The van der Waals surface area contributed by atoms with Crippen molar-refractivity contribution < 1.29 is 37.4 Å². The van der Waals surface area contributed by atoms with Crippen molar-refractivity contribution >= 4 is 39.9 Å². The van der Waals surface area contributed by atoms with Gasteiger partial charge in [-0.1, -0.05) is 12.1 Å². The van der Waals surface area contributed by atoms with E-state index in [1.807, 2.05) is 0 Å². The summed E-state index contributed by atoms with van der Waals surface area (Å²) in [5, 5.41) is 5.31. The first-order chi connectivity index (χ1) is 13.8. The first-order valence-electron chi connectivity index (χ1n) is 8.16. The highest BCUT2D eigenvalue weighted by Gasteiger charge is 2.26. The van der Waals surface area contributed by atoms with E-state index in [2.05, 4.69) is 20.1 Å². The average Bonchev–Trinajstić information content (AvgIpc) is 3.01. The number of esters is 2. The van der Waals surface area contributed by atoms with E-state index in [4.69, 9.17) is 4.74 Å². The third-order valence-corrected chi connectivity index (χ3v) is 4.89. The fourth-order valence-corrected chi connectivity index (χ4v) is 3.52. The Bertz CT molecular complexity index is 916. The maximum atomic E-state index is 12.5. The molecule has 0 saturated carbocycles. The molecule has 11 heteroatoms. The van der Waals surface area contributed by atoms with E-state index in [1.54, 1.807) is 6.07 Å². The molecule has 1 aromatic heterocycles. The normalized spacial score (nSPS) is 10.4. The van der Waals surface area contributed by atoms with Crippen LogP contribution < -0.4 is 15.4 Å². The molecule has 0 aliphatic heterocycles. The van der Waals surface area contributed by atoms with Gasteiger partial charge in [0.2, 0.25) is 5.91 Å². The predicted molar refractivity (Wildman–Crippen MR) is 102 cm³/mol. The number of ether oxygens (including phenoxy) is 3. The van der Waals surface area contributed by atoms with Gasteiger partial charge in [-0.3, -0.25) is 4.79 Å². The van der Waals surface area contributed by atoms with Gasteiger partial charge in [-0.25, -0.2) is 9.59 Å². The number of hydrogen-bond donors (Lipinski definition) is 2. The predicted octanol–water partition coefficient (Wildman–Crippen LogP) is 3.28. The van der Waals surface area contributed by atoms with Gasteiger partial charge in [-0.15, -0.1) is 11.3 Å². The minimum absolute atomic E-state index is 0.0349. The van der Waals surface area contributed by atoms with Crippen LogP contribution in [0.15, 0.2) is 24.3 Å². The quantitative estimate of drug-likeness (QED) is 0.622. The molecule has 0 aliphatic carbocycles. The molecular weight excluding hydrogens is 410 g/mol. The van der Waals surface area contributed by atoms with E-state index in [1.165, 1.54) is 39.3 Å². The third kappa shape index (κ3) is 5.41. The molecule has 8 nitrogen and oxygen atoms in total. The molecule has 2 aromatic rings. The highest BCUT2D eigenvalue weighted by molar-refractivity contribution is 7.18. The van der Waals surface area contributed by atoms with Crippen LogP contribution in [0.3, 0.4) is 0 Å². The summed E-state index contributed by atoms with van der Waals surface area (Å²) < 4.78 is 38.7. The summed E-state index contributed by atoms with van der Waals surface area (Å²) in [6.45, 7) is -1.80. The summed E-state index contributed by atoms with van der Waals surface area (Å²) in [6, 6.07) is 5.89. The van der Waals surface area contributed by atoms with Crippen molar-refractivity contribution in [3.8, 4) is 5.75 Å². The number of methoxy groups -OCH3 is 2. The number of rotatable bonds is 8. The zero-order valence-electron chi connectivity index (χ0n) is 15.7. The van der Waals surface area contributed by atoms with E-state index in [0.717, 1.165) is 11.3 Å². The third-order valence-electron chi connectivity index (χ3n) is 3.70. The minimum Gasteiger partial charge on any atom is -0.465 e. The second kappa shape index (κ2) is 9.82. The van der Waals surface area contributed by atoms with Gasteiger partial charge < -0.3 is 24.8 Å². The highest BCUT2D eigenvalue weighted by atomic mass is 32.1.